The number of anilines is 1. The van der Waals surface area contributed by atoms with E-state index in [1.54, 1.807) is 23.1 Å². The van der Waals surface area contributed by atoms with Crippen LogP contribution >= 0.6 is 23.2 Å². The molecule has 130 valence electrons. The van der Waals surface area contributed by atoms with Crippen molar-refractivity contribution in [2.75, 3.05) is 18.0 Å². The Morgan fingerprint density at radius 1 is 1.12 bits per heavy atom. The average Bonchev–Trinajstić information content (AvgIpc) is 3.00. The predicted octanol–water partition coefficient (Wildman–Crippen LogP) is 3.71. The number of carbonyl (C=O) groups excluding carboxylic acids is 2. The predicted molar refractivity (Wildman–Crippen MR) is 100 cm³/mol. The number of rotatable bonds is 5. The zero-order valence-corrected chi connectivity index (χ0v) is 15.1. The lowest BCUT2D eigenvalue weighted by Gasteiger charge is -2.17. The van der Waals surface area contributed by atoms with Gasteiger partial charge in [-0.05, 0) is 30.2 Å². The van der Waals surface area contributed by atoms with Gasteiger partial charge in [-0.3, -0.25) is 9.59 Å². The lowest BCUT2D eigenvalue weighted by Crippen LogP contribution is -2.34. The zero-order valence-electron chi connectivity index (χ0n) is 13.5. The molecule has 0 aromatic heterocycles. The zero-order chi connectivity index (χ0) is 17.8. The van der Waals surface area contributed by atoms with Gasteiger partial charge >= 0.3 is 0 Å². The molecule has 0 aliphatic carbocycles. The van der Waals surface area contributed by atoms with E-state index in [1.165, 1.54) is 5.56 Å². The van der Waals surface area contributed by atoms with Crippen molar-refractivity contribution < 1.29 is 9.59 Å². The van der Waals surface area contributed by atoms with Crippen molar-refractivity contribution in [2.45, 2.75) is 12.8 Å². The van der Waals surface area contributed by atoms with Gasteiger partial charge in [-0.2, -0.15) is 0 Å². The monoisotopic (exact) mass is 376 g/mol. The first kappa shape index (κ1) is 17.8. The first-order valence-electron chi connectivity index (χ1n) is 8.11. The highest BCUT2D eigenvalue weighted by atomic mass is 35.5. The number of hydrogen-bond donors (Lipinski definition) is 1. The highest BCUT2D eigenvalue weighted by Gasteiger charge is 2.35. The van der Waals surface area contributed by atoms with Crippen molar-refractivity contribution in [3.63, 3.8) is 0 Å². The highest BCUT2D eigenvalue weighted by Crippen LogP contribution is 2.31. The van der Waals surface area contributed by atoms with Gasteiger partial charge in [0, 0.05) is 25.2 Å². The summed E-state index contributed by atoms with van der Waals surface area (Å²) in [6, 6.07) is 15.0. The molecule has 4 nitrogen and oxygen atoms in total. The summed E-state index contributed by atoms with van der Waals surface area (Å²) in [6.45, 7) is 0.911. The maximum atomic E-state index is 12.3. The summed E-state index contributed by atoms with van der Waals surface area (Å²) in [6.07, 6.45) is 0.973. The second-order valence-corrected chi connectivity index (χ2v) is 6.84. The van der Waals surface area contributed by atoms with Gasteiger partial charge in [0.15, 0.2) is 0 Å². The number of carbonyl (C=O) groups is 2. The topological polar surface area (TPSA) is 49.4 Å². The molecular formula is C19H18Cl2N2O2. The van der Waals surface area contributed by atoms with Gasteiger partial charge in [0.2, 0.25) is 11.8 Å². The fourth-order valence-electron chi connectivity index (χ4n) is 2.90. The van der Waals surface area contributed by atoms with Crippen molar-refractivity contribution in [3.8, 4) is 0 Å². The van der Waals surface area contributed by atoms with Gasteiger partial charge < -0.3 is 10.2 Å². The standard InChI is InChI=1S/C19H18Cl2N2O2/c20-16-7-6-15(11-17(16)21)23-12-14(10-18(23)24)19(25)22-9-8-13-4-2-1-3-5-13/h1-7,11,14H,8-10,12H2,(H,22,25)/t14-/m1/s1. The number of hydrogen-bond acceptors (Lipinski definition) is 2. The van der Waals surface area contributed by atoms with Crippen LogP contribution in [0.1, 0.15) is 12.0 Å². The summed E-state index contributed by atoms with van der Waals surface area (Å²) in [5, 5.41) is 3.75. The summed E-state index contributed by atoms with van der Waals surface area (Å²) < 4.78 is 0. The molecule has 3 rings (SSSR count). The third-order valence-corrected chi connectivity index (χ3v) is 5.01. The van der Waals surface area contributed by atoms with Crippen LogP contribution in [-0.4, -0.2) is 24.9 Å². The van der Waals surface area contributed by atoms with Crippen molar-refractivity contribution in [2.24, 2.45) is 5.92 Å². The molecule has 25 heavy (non-hydrogen) atoms. The van der Waals surface area contributed by atoms with E-state index in [0.717, 1.165) is 6.42 Å². The Labute approximate surface area is 156 Å². The summed E-state index contributed by atoms with van der Waals surface area (Å²) in [7, 11) is 0. The summed E-state index contributed by atoms with van der Waals surface area (Å²) >= 11 is 11.9. The van der Waals surface area contributed by atoms with E-state index in [-0.39, 0.29) is 24.2 Å². The third-order valence-electron chi connectivity index (χ3n) is 4.27. The Morgan fingerprint density at radius 3 is 2.60 bits per heavy atom. The number of amides is 2. The fourth-order valence-corrected chi connectivity index (χ4v) is 3.20. The van der Waals surface area contributed by atoms with E-state index in [2.05, 4.69) is 5.32 Å². The highest BCUT2D eigenvalue weighted by molar-refractivity contribution is 6.42. The molecule has 0 spiro atoms. The quantitative estimate of drug-likeness (QED) is 0.864. The maximum absolute atomic E-state index is 12.3. The maximum Gasteiger partial charge on any atom is 0.227 e. The van der Waals surface area contributed by atoms with Crippen LogP contribution in [0.4, 0.5) is 5.69 Å². The smallest absolute Gasteiger partial charge is 0.227 e. The summed E-state index contributed by atoms with van der Waals surface area (Å²) in [4.78, 5) is 26.2. The summed E-state index contributed by atoms with van der Waals surface area (Å²) in [5.41, 5.74) is 1.83. The van der Waals surface area contributed by atoms with E-state index in [9.17, 15) is 9.59 Å². The molecule has 0 saturated carbocycles. The van der Waals surface area contributed by atoms with Crippen molar-refractivity contribution >= 4 is 40.7 Å². The van der Waals surface area contributed by atoms with Gasteiger partial charge in [0.1, 0.15) is 0 Å². The molecule has 2 aromatic rings. The lowest BCUT2D eigenvalue weighted by molar-refractivity contribution is -0.126. The second-order valence-electron chi connectivity index (χ2n) is 6.03. The summed E-state index contributed by atoms with van der Waals surface area (Å²) in [5.74, 6) is -0.522. The van der Waals surface area contributed by atoms with Gasteiger partial charge in [0.25, 0.3) is 0 Å². The molecule has 0 unspecified atom stereocenters. The normalized spacial score (nSPS) is 17.0. The Bertz CT molecular complexity index is 780. The largest absolute Gasteiger partial charge is 0.355 e. The number of halogens is 2. The molecule has 1 atom stereocenters. The van der Waals surface area contributed by atoms with Crippen LogP contribution in [0.15, 0.2) is 48.5 Å². The van der Waals surface area contributed by atoms with Gasteiger partial charge in [-0.1, -0.05) is 53.5 Å². The molecule has 0 radical (unpaired) electrons. The number of nitrogens with one attached hydrogen (secondary N) is 1. The minimum atomic E-state index is -0.349. The van der Waals surface area contributed by atoms with Crippen molar-refractivity contribution in [1.82, 2.24) is 5.32 Å². The molecule has 1 saturated heterocycles. The number of nitrogens with zero attached hydrogens (tertiary/aromatic N) is 1. The van der Waals surface area contributed by atoms with Crippen LogP contribution in [-0.2, 0) is 16.0 Å². The van der Waals surface area contributed by atoms with Gasteiger partial charge in [0.05, 0.1) is 16.0 Å². The minimum Gasteiger partial charge on any atom is -0.355 e. The van der Waals surface area contributed by atoms with E-state index in [0.29, 0.717) is 28.8 Å². The van der Waals surface area contributed by atoms with Crippen molar-refractivity contribution in [3.05, 3.63) is 64.1 Å². The van der Waals surface area contributed by atoms with E-state index in [1.807, 2.05) is 30.3 Å². The lowest BCUT2D eigenvalue weighted by atomic mass is 10.1. The first-order chi connectivity index (χ1) is 12.0. The average molecular weight is 377 g/mol. The second kappa shape index (κ2) is 7.89. The fraction of sp³-hybridized carbons (Fsp3) is 0.263. The van der Waals surface area contributed by atoms with Crippen LogP contribution < -0.4 is 10.2 Å². The molecule has 1 heterocycles. The molecule has 1 aliphatic rings. The first-order valence-corrected chi connectivity index (χ1v) is 8.87. The van der Waals surface area contributed by atoms with E-state index >= 15 is 0 Å². The Morgan fingerprint density at radius 2 is 1.88 bits per heavy atom. The molecule has 2 aromatic carbocycles. The van der Waals surface area contributed by atoms with Crippen LogP contribution in [0, 0.1) is 5.92 Å². The third kappa shape index (κ3) is 4.33. The molecule has 6 heteroatoms. The molecular weight excluding hydrogens is 359 g/mol. The Hall–Kier alpha value is -2.04. The van der Waals surface area contributed by atoms with Crippen LogP contribution in [0.25, 0.3) is 0 Å². The molecule has 2 amide bonds. The molecule has 1 N–H and O–H groups in total. The minimum absolute atomic E-state index is 0.0819. The van der Waals surface area contributed by atoms with Crippen molar-refractivity contribution in [1.29, 1.82) is 0 Å². The molecule has 1 fully saturated rings. The molecule has 0 bridgehead atoms. The van der Waals surface area contributed by atoms with Crippen LogP contribution in [0.2, 0.25) is 10.0 Å². The van der Waals surface area contributed by atoms with E-state index < -0.39 is 0 Å². The van der Waals surface area contributed by atoms with Crippen LogP contribution in [0.3, 0.4) is 0 Å². The Kier molecular flexibility index (Phi) is 5.61. The Balaban J connectivity index is 1.56. The van der Waals surface area contributed by atoms with Gasteiger partial charge in [-0.25, -0.2) is 0 Å². The van der Waals surface area contributed by atoms with E-state index in [4.69, 9.17) is 23.2 Å². The van der Waals surface area contributed by atoms with Crippen LogP contribution in [0.5, 0.6) is 0 Å². The van der Waals surface area contributed by atoms with Gasteiger partial charge in [-0.15, -0.1) is 0 Å². The number of benzene rings is 2. The molecule has 1 aliphatic heterocycles. The SMILES string of the molecule is O=C(NCCc1ccccc1)[C@@H]1CC(=O)N(c2ccc(Cl)c(Cl)c2)C1.